The maximum atomic E-state index is 13.0. The number of halogens is 1. The molecule has 27 heavy (non-hydrogen) atoms. The van der Waals surface area contributed by atoms with Crippen molar-refractivity contribution < 1.29 is 9.18 Å². The van der Waals surface area contributed by atoms with Gasteiger partial charge in [0.1, 0.15) is 11.5 Å². The number of hydrogen-bond donors (Lipinski definition) is 1. The van der Waals surface area contributed by atoms with E-state index in [4.69, 9.17) is 0 Å². The zero-order valence-electron chi connectivity index (χ0n) is 15.3. The second-order valence-corrected chi connectivity index (χ2v) is 6.57. The van der Waals surface area contributed by atoms with Crippen LogP contribution >= 0.6 is 0 Å². The van der Waals surface area contributed by atoms with Crippen molar-refractivity contribution in [3.05, 3.63) is 105 Å². The first-order valence-corrected chi connectivity index (χ1v) is 8.72. The topological polar surface area (TPSA) is 51.1 Å². The molecule has 0 aliphatic carbocycles. The second-order valence-electron chi connectivity index (χ2n) is 6.57. The third-order valence-electron chi connectivity index (χ3n) is 4.48. The zero-order valence-corrected chi connectivity index (χ0v) is 15.3. The molecule has 1 heterocycles. The lowest BCUT2D eigenvalue weighted by atomic mass is 10.1. The summed E-state index contributed by atoms with van der Waals surface area (Å²) in [5.41, 5.74) is 4.01. The lowest BCUT2D eigenvalue weighted by molar-refractivity contribution is 0.0940. The number of benzene rings is 2. The van der Waals surface area contributed by atoms with Gasteiger partial charge < -0.3 is 5.32 Å². The molecule has 0 bridgehead atoms. The molecule has 4 nitrogen and oxygen atoms in total. The summed E-state index contributed by atoms with van der Waals surface area (Å²) in [6.07, 6.45) is 0. The van der Waals surface area contributed by atoms with Gasteiger partial charge in [-0.15, -0.1) is 0 Å². The molecule has 0 radical (unpaired) electrons. The average Bonchev–Trinajstić information content (AvgIpc) is 2.65. The van der Waals surface area contributed by atoms with E-state index in [1.54, 1.807) is 24.3 Å². The zero-order chi connectivity index (χ0) is 19.4. The summed E-state index contributed by atoms with van der Waals surface area (Å²) in [5.74, 6) is -0.669. The molecule has 1 aromatic heterocycles. The third-order valence-corrected chi connectivity index (χ3v) is 4.48. The minimum atomic E-state index is -0.345. The van der Waals surface area contributed by atoms with E-state index in [-0.39, 0.29) is 23.8 Å². The van der Waals surface area contributed by atoms with Gasteiger partial charge in [-0.3, -0.25) is 14.2 Å². The van der Waals surface area contributed by atoms with Gasteiger partial charge in [0.05, 0.1) is 6.54 Å². The van der Waals surface area contributed by atoms with Gasteiger partial charge in [-0.1, -0.05) is 42.0 Å². The summed E-state index contributed by atoms with van der Waals surface area (Å²) in [4.78, 5) is 25.1. The first-order valence-electron chi connectivity index (χ1n) is 8.72. The fourth-order valence-corrected chi connectivity index (χ4v) is 2.90. The molecule has 0 unspecified atom stereocenters. The van der Waals surface area contributed by atoms with E-state index in [0.29, 0.717) is 12.2 Å². The molecule has 0 fully saturated rings. The Labute approximate surface area is 157 Å². The second kappa shape index (κ2) is 7.99. The van der Waals surface area contributed by atoms with Gasteiger partial charge in [-0.25, -0.2) is 4.39 Å². The van der Waals surface area contributed by atoms with Crippen LogP contribution in [0.15, 0.2) is 65.5 Å². The molecule has 0 saturated heterocycles. The molecular formula is C22H21FN2O2. The molecule has 138 valence electrons. The predicted octanol–water partition coefficient (Wildman–Crippen LogP) is 3.58. The normalized spacial score (nSPS) is 10.6. The number of hydrogen-bond acceptors (Lipinski definition) is 2. The first kappa shape index (κ1) is 18.6. The van der Waals surface area contributed by atoms with E-state index in [2.05, 4.69) is 5.32 Å². The van der Waals surface area contributed by atoms with E-state index in [1.807, 2.05) is 32.0 Å². The number of carbonyl (C=O) groups excluding carboxylic acids is 1. The van der Waals surface area contributed by atoms with Gasteiger partial charge in [0.2, 0.25) is 0 Å². The number of pyridine rings is 1. The average molecular weight is 364 g/mol. The summed E-state index contributed by atoms with van der Waals surface area (Å²) in [6.45, 7) is 4.56. The molecule has 1 N–H and O–H groups in total. The summed E-state index contributed by atoms with van der Waals surface area (Å²) in [5, 5.41) is 2.79. The van der Waals surface area contributed by atoms with Gasteiger partial charge in [0.25, 0.3) is 11.5 Å². The SMILES string of the molecule is Cc1ccc(C)c(Cn2c(C(=O)NCc3ccc(F)cc3)cccc2=O)c1. The molecule has 2 aromatic carbocycles. The predicted molar refractivity (Wildman–Crippen MR) is 103 cm³/mol. The van der Waals surface area contributed by atoms with E-state index < -0.39 is 0 Å². The molecule has 3 rings (SSSR count). The minimum Gasteiger partial charge on any atom is -0.347 e. The van der Waals surface area contributed by atoms with Crippen LogP contribution in [0.1, 0.15) is 32.7 Å². The molecule has 0 spiro atoms. The highest BCUT2D eigenvalue weighted by Gasteiger charge is 2.13. The van der Waals surface area contributed by atoms with E-state index in [9.17, 15) is 14.0 Å². The first-order chi connectivity index (χ1) is 12.9. The van der Waals surface area contributed by atoms with Gasteiger partial charge in [-0.05, 0) is 48.7 Å². The lowest BCUT2D eigenvalue weighted by Gasteiger charge is -2.14. The van der Waals surface area contributed by atoms with Crippen LogP contribution in [0.5, 0.6) is 0 Å². The van der Waals surface area contributed by atoms with Crippen LogP contribution in [0.4, 0.5) is 4.39 Å². The number of rotatable bonds is 5. The summed E-state index contributed by atoms with van der Waals surface area (Å²) >= 11 is 0. The number of nitrogens with one attached hydrogen (secondary N) is 1. The molecule has 5 heteroatoms. The molecule has 1 amide bonds. The summed E-state index contributed by atoms with van der Waals surface area (Å²) in [6, 6.07) is 16.6. The molecule has 0 aliphatic heterocycles. The van der Waals surface area contributed by atoms with Crippen molar-refractivity contribution in [1.29, 1.82) is 0 Å². The number of carbonyl (C=O) groups is 1. The Morgan fingerprint density at radius 1 is 1.04 bits per heavy atom. The van der Waals surface area contributed by atoms with Crippen LogP contribution in [-0.4, -0.2) is 10.5 Å². The summed E-state index contributed by atoms with van der Waals surface area (Å²) < 4.78 is 14.5. The van der Waals surface area contributed by atoms with Crippen molar-refractivity contribution in [1.82, 2.24) is 9.88 Å². The van der Waals surface area contributed by atoms with Crippen molar-refractivity contribution in [2.45, 2.75) is 26.9 Å². The Kier molecular flexibility index (Phi) is 5.50. The molecule has 3 aromatic rings. The maximum Gasteiger partial charge on any atom is 0.268 e. The number of aromatic nitrogens is 1. The highest BCUT2D eigenvalue weighted by Crippen LogP contribution is 2.13. The van der Waals surface area contributed by atoms with Crippen LogP contribution in [0.2, 0.25) is 0 Å². The summed E-state index contributed by atoms with van der Waals surface area (Å²) in [7, 11) is 0. The third kappa shape index (κ3) is 4.50. The van der Waals surface area contributed by atoms with Crippen LogP contribution < -0.4 is 10.9 Å². The number of nitrogens with zero attached hydrogens (tertiary/aromatic N) is 1. The van der Waals surface area contributed by atoms with Crippen molar-refractivity contribution in [3.63, 3.8) is 0 Å². The Hall–Kier alpha value is -3.21. The van der Waals surface area contributed by atoms with Crippen molar-refractivity contribution in [2.24, 2.45) is 0 Å². The van der Waals surface area contributed by atoms with E-state index in [0.717, 1.165) is 22.3 Å². The van der Waals surface area contributed by atoms with E-state index in [1.165, 1.54) is 22.8 Å². The lowest BCUT2D eigenvalue weighted by Crippen LogP contribution is -2.32. The Balaban J connectivity index is 1.84. The monoisotopic (exact) mass is 364 g/mol. The van der Waals surface area contributed by atoms with Crippen LogP contribution in [-0.2, 0) is 13.1 Å². The maximum absolute atomic E-state index is 13.0. The standard InChI is InChI=1S/C22H21FN2O2/c1-15-6-7-16(2)18(12-15)14-25-20(4-3-5-21(25)26)22(27)24-13-17-8-10-19(23)11-9-17/h3-12H,13-14H2,1-2H3,(H,24,27). The van der Waals surface area contributed by atoms with Crippen molar-refractivity contribution >= 4 is 5.91 Å². The molecular weight excluding hydrogens is 343 g/mol. The highest BCUT2D eigenvalue weighted by molar-refractivity contribution is 5.92. The fraction of sp³-hybridized carbons (Fsp3) is 0.182. The van der Waals surface area contributed by atoms with Gasteiger partial charge in [-0.2, -0.15) is 0 Å². The van der Waals surface area contributed by atoms with Gasteiger partial charge in [0, 0.05) is 12.6 Å². The van der Waals surface area contributed by atoms with Gasteiger partial charge >= 0.3 is 0 Å². The smallest absolute Gasteiger partial charge is 0.268 e. The molecule has 0 aliphatic rings. The number of aryl methyl sites for hydroxylation is 2. The van der Waals surface area contributed by atoms with Crippen molar-refractivity contribution in [3.8, 4) is 0 Å². The quantitative estimate of drug-likeness (QED) is 0.752. The van der Waals surface area contributed by atoms with Crippen molar-refractivity contribution in [2.75, 3.05) is 0 Å². The highest BCUT2D eigenvalue weighted by atomic mass is 19.1. The van der Waals surface area contributed by atoms with Crippen LogP contribution in [0, 0.1) is 19.7 Å². The molecule has 0 saturated carbocycles. The van der Waals surface area contributed by atoms with Crippen LogP contribution in [0.3, 0.4) is 0 Å². The minimum absolute atomic E-state index is 0.231. The Morgan fingerprint density at radius 3 is 2.52 bits per heavy atom. The number of amides is 1. The largest absolute Gasteiger partial charge is 0.347 e. The Morgan fingerprint density at radius 2 is 1.78 bits per heavy atom. The van der Waals surface area contributed by atoms with E-state index >= 15 is 0 Å². The van der Waals surface area contributed by atoms with Crippen LogP contribution in [0.25, 0.3) is 0 Å². The van der Waals surface area contributed by atoms with Gasteiger partial charge in [0.15, 0.2) is 0 Å². The molecule has 0 atom stereocenters. The fourth-order valence-electron chi connectivity index (χ4n) is 2.90. The Bertz CT molecular complexity index is 1020.